The molecule has 1 aliphatic heterocycles. The quantitative estimate of drug-likeness (QED) is 0.0849. The first-order valence-corrected chi connectivity index (χ1v) is 18.0. The predicted octanol–water partition coefficient (Wildman–Crippen LogP) is 7.60. The molecule has 260 valence electrons. The van der Waals surface area contributed by atoms with Gasteiger partial charge in [0.2, 0.25) is 0 Å². The van der Waals surface area contributed by atoms with Crippen molar-refractivity contribution in [1.29, 1.82) is 0 Å². The Kier molecular flexibility index (Phi) is 9.59. The van der Waals surface area contributed by atoms with Gasteiger partial charge >= 0.3 is 5.97 Å². The lowest BCUT2D eigenvalue weighted by Gasteiger charge is -2.25. The number of halogens is 1. The summed E-state index contributed by atoms with van der Waals surface area (Å²) in [5, 5.41) is 11.5. The van der Waals surface area contributed by atoms with Crippen molar-refractivity contribution in [1.82, 2.24) is 9.13 Å². The third kappa shape index (κ3) is 6.31. The number of hydrogen-bond donors (Lipinski definition) is 0. The molecule has 0 saturated heterocycles. The number of ether oxygens (including phenoxy) is 2. The number of carbonyl (C=O) groups excluding carboxylic acids is 1. The van der Waals surface area contributed by atoms with Crippen molar-refractivity contribution in [2.75, 3.05) is 13.7 Å². The van der Waals surface area contributed by atoms with Crippen LogP contribution in [-0.2, 0) is 9.53 Å². The van der Waals surface area contributed by atoms with Gasteiger partial charge in [-0.05, 0) is 82.9 Å². The normalized spacial score (nSPS) is 14.2. The molecule has 0 unspecified atom stereocenters. The molecule has 3 heterocycles. The number of nitro benzene ring substituents is 1. The minimum atomic E-state index is -0.808. The Morgan fingerprint density at radius 3 is 2.27 bits per heavy atom. The molecule has 0 amide bonds. The SMILES string of the molecule is CCOC(=O)C1=C(C)N=c2s/c(=C/c3cc(-c4ccccc4)n(-c4ccc([N+](=O)[O-])cc4)c3-c3ccccc3)c(=O)n2[C@H]1c1ccc(OC)c(Br)c1. The topological polar surface area (TPSA) is 118 Å². The first kappa shape index (κ1) is 34.6. The van der Waals surface area contributed by atoms with E-state index in [-0.39, 0.29) is 23.4 Å². The van der Waals surface area contributed by atoms with Crippen molar-refractivity contribution in [2.24, 2.45) is 4.99 Å². The van der Waals surface area contributed by atoms with E-state index in [1.165, 1.54) is 23.5 Å². The van der Waals surface area contributed by atoms with Crippen molar-refractivity contribution in [2.45, 2.75) is 19.9 Å². The van der Waals surface area contributed by atoms with E-state index in [1.54, 1.807) is 43.7 Å². The fourth-order valence-corrected chi connectivity index (χ4v) is 8.04. The van der Waals surface area contributed by atoms with Crippen molar-refractivity contribution in [3.8, 4) is 34.0 Å². The fraction of sp³-hybridized carbons (Fsp3) is 0.125. The summed E-state index contributed by atoms with van der Waals surface area (Å²) in [7, 11) is 1.57. The highest BCUT2D eigenvalue weighted by molar-refractivity contribution is 9.10. The van der Waals surface area contributed by atoms with Crippen molar-refractivity contribution in [3.05, 3.63) is 166 Å². The van der Waals surface area contributed by atoms with Crippen LogP contribution >= 0.6 is 27.3 Å². The van der Waals surface area contributed by atoms with E-state index in [0.717, 1.165) is 28.1 Å². The van der Waals surface area contributed by atoms with E-state index in [9.17, 15) is 19.7 Å². The van der Waals surface area contributed by atoms with Gasteiger partial charge in [-0.2, -0.15) is 0 Å². The second kappa shape index (κ2) is 14.4. The molecule has 10 nitrogen and oxygen atoms in total. The Hall–Kier alpha value is -5.85. The number of carbonyl (C=O) groups is 1. The number of nitrogens with zero attached hydrogens (tertiary/aromatic N) is 4. The molecule has 0 saturated carbocycles. The van der Waals surface area contributed by atoms with Gasteiger partial charge in [0.05, 0.1) is 56.3 Å². The number of nitro groups is 1. The summed E-state index contributed by atoms with van der Waals surface area (Å²) in [4.78, 5) is 44.4. The lowest BCUT2D eigenvalue weighted by Crippen LogP contribution is -2.40. The van der Waals surface area contributed by atoms with Crippen LogP contribution in [0.2, 0.25) is 0 Å². The zero-order chi connectivity index (χ0) is 36.5. The standard InChI is InChI=1S/C40H31BrN4O6S/c1-4-51-39(47)35-24(2)42-40-44(37(35)27-15-20-33(50-3)31(41)21-27)38(46)34(52-40)23-28-22-32(25-11-7-5-8-12-25)43(36(28)26-13-9-6-10-14-26)29-16-18-30(19-17-29)45(48)49/h5-23,37H,4H2,1-3H3/b34-23+/t37-/m0/s1. The maximum Gasteiger partial charge on any atom is 0.338 e. The van der Waals surface area contributed by atoms with Gasteiger partial charge < -0.3 is 14.0 Å². The maximum atomic E-state index is 14.6. The highest BCUT2D eigenvalue weighted by Gasteiger charge is 2.34. The van der Waals surface area contributed by atoms with E-state index in [4.69, 9.17) is 14.5 Å². The lowest BCUT2D eigenvalue weighted by molar-refractivity contribution is -0.384. The number of methoxy groups -OCH3 is 1. The maximum absolute atomic E-state index is 14.6. The van der Waals surface area contributed by atoms with Gasteiger partial charge in [0.25, 0.3) is 11.2 Å². The molecule has 0 spiro atoms. The molecule has 6 aromatic rings. The van der Waals surface area contributed by atoms with Crippen molar-refractivity contribution in [3.63, 3.8) is 0 Å². The first-order chi connectivity index (χ1) is 25.2. The number of esters is 1. The molecule has 2 aromatic heterocycles. The third-order valence-electron chi connectivity index (χ3n) is 8.76. The van der Waals surface area contributed by atoms with Crippen LogP contribution in [0.5, 0.6) is 5.75 Å². The molecule has 0 bridgehead atoms. The smallest absolute Gasteiger partial charge is 0.338 e. The summed E-state index contributed by atoms with van der Waals surface area (Å²) < 4.78 is 15.6. The monoisotopic (exact) mass is 774 g/mol. The van der Waals surface area contributed by atoms with E-state index < -0.39 is 16.9 Å². The van der Waals surface area contributed by atoms with Crippen LogP contribution < -0.4 is 19.6 Å². The van der Waals surface area contributed by atoms with Gasteiger partial charge in [-0.3, -0.25) is 19.5 Å². The van der Waals surface area contributed by atoms with E-state index in [0.29, 0.717) is 36.5 Å². The number of non-ortho nitro benzene ring substituents is 1. The summed E-state index contributed by atoms with van der Waals surface area (Å²) in [6.07, 6.45) is 1.85. The van der Waals surface area contributed by atoms with Crippen molar-refractivity contribution < 1.29 is 19.2 Å². The number of rotatable bonds is 9. The molecule has 0 radical (unpaired) electrons. The molecule has 4 aromatic carbocycles. The molecule has 0 N–H and O–H groups in total. The Balaban J connectivity index is 1.50. The Labute approximate surface area is 310 Å². The largest absolute Gasteiger partial charge is 0.496 e. The second-order valence-electron chi connectivity index (χ2n) is 11.9. The lowest BCUT2D eigenvalue weighted by atomic mass is 9.96. The van der Waals surface area contributed by atoms with Gasteiger partial charge in [0.1, 0.15) is 5.75 Å². The highest BCUT2D eigenvalue weighted by atomic mass is 79.9. The summed E-state index contributed by atoms with van der Waals surface area (Å²) in [5.41, 5.74) is 5.95. The van der Waals surface area contributed by atoms with Crippen molar-refractivity contribution >= 4 is 45.0 Å². The van der Waals surface area contributed by atoms with Gasteiger partial charge in [-0.15, -0.1) is 0 Å². The van der Waals surface area contributed by atoms with Crippen LogP contribution in [0.3, 0.4) is 0 Å². The molecule has 0 fully saturated rings. The molecule has 12 heteroatoms. The van der Waals surface area contributed by atoms with Gasteiger partial charge in [-0.1, -0.05) is 78.1 Å². The predicted molar refractivity (Wildman–Crippen MR) is 204 cm³/mol. The summed E-state index contributed by atoms with van der Waals surface area (Å²) >= 11 is 4.80. The zero-order valence-electron chi connectivity index (χ0n) is 28.3. The average molecular weight is 776 g/mol. The van der Waals surface area contributed by atoms with E-state index in [2.05, 4.69) is 20.5 Å². The number of allylic oxidation sites excluding steroid dienone is 1. The zero-order valence-corrected chi connectivity index (χ0v) is 30.7. The van der Waals surface area contributed by atoms with Gasteiger partial charge in [0.15, 0.2) is 4.80 Å². The molecular formula is C40H31BrN4O6S. The van der Waals surface area contributed by atoms with Crippen LogP contribution in [0.1, 0.15) is 31.0 Å². The third-order valence-corrected chi connectivity index (χ3v) is 10.4. The Morgan fingerprint density at radius 2 is 1.65 bits per heavy atom. The minimum Gasteiger partial charge on any atom is -0.496 e. The summed E-state index contributed by atoms with van der Waals surface area (Å²) in [6, 6.07) is 32.7. The van der Waals surface area contributed by atoms with Gasteiger partial charge in [0, 0.05) is 23.4 Å². The second-order valence-corrected chi connectivity index (χ2v) is 13.7. The number of hydrogen-bond acceptors (Lipinski definition) is 8. The summed E-state index contributed by atoms with van der Waals surface area (Å²) in [6.45, 7) is 3.65. The Bertz CT molecular complexity index is 2560. The molecule has 7 rings (SSSR count). The summed E-state index contributed by atoms with van der Waals surface area (Å²) in [5.74, 6) is 0.0590. The number of benzene rings is 4. The minimum absolute atomic E-state index is 0.0179. The van der Waals surface area contributed by atoms with E-state index >= 15 is 0 Å². The number of aromatic nitrogens is 2. The molecule has 0 aliphatic carbocycles. The van der Waals surface area contributed by atoms with Crippen LogP contribution in [0.4, 0.5) is 5.69 Å². The number of fused-ring (bicyclic) bond motifs is 1. The molecule has 1 atom stereocenters. The van der Waals surface area contributed by atoms with Crippen LogP contribution in [0.15, 0.2) is 135 Å². The fourth-order valence-electron chi connectivity index (χ4n) is 6.45. The van der Waals surface area contributed by atoms with Gasteiger partial charge in [-0.25, -0.2) is 9.79 Å². The molecular weight excluding hydrogens is 744 g/mol. The van der Waals surface area contributed by atoms with Crippen LogP contribution in [-0.4, -0.2) is 33.7 Å². The Morgan fingerprint density at radius 1 is 0.981 bits per heavy atom. The van der Waals surface area contributed by atoms with Crippen LogP contribution in [0, 0.1) is 10.1 Å². The number of thiazole rings is 1. The molecule has 1 aliphatic rings. The highest BCUT2D eigenvalue weighted by Crippen LogP contribution is 2.38. The first-order valence-electron chi connectivity index (χ1n) is 16.3. The van der Waals surface area contributed by atoms with Crippen LogP contribution in [0.25, 0.3) is 34.3 Å². The average Bonchev–Trinajstić information content (AvgIpc) is 3.68. The molecule has 52 heavy (non-hydrogen) atoms. The van der Waals surface area contributed by atoms with E-state index in [1.807, 2.05) is 84.9 Å².